The Morgan fingerprint density at radius 2 is 2.30 bits per heavy atom. The van der Waals surface area contributed by atoms with Gasteiger partial charge in [0.25, 0.3) is 0 Å². The number of carbonyl (C=O) groups is 1. The van der Waals surface area contributed by atoms with E-state index in [-0.39, 0.29) is 5.92 Å². The first-order chi connectivity index (χ1) is 4.63. The van der Waals surface area contributed by atoms with Crippen LogP contribution in [0.25, 0.3) is 0 Å². The Labute approximate surface area is 61.4 Å². The number of hydrogen-bond donors (Lipinski definition) is 2. The molecule has 0 amide bonds. The molecule has 0 rings (SSSR count). The molecule has 0 fully saturated rings. The molecule has 10 heavy (non-hydrogen) atoms. The molecular weight excluding hydrogens is 130 g/mol. The highest BCUT2D eigenvalue weighted by Crippen LogP contribution is 2.06. The van der Waals surface area contributed by atoms with Crippen molar-refractivity contribution in [1.29, 1.82) is 0 Å². The third kappa shape index (κ3) is 2.35. The second-order valence-corrected chi connectivity index (χ2v) is 2.37. The van der Waals surface area contributed by atoms with Crippen molar-refractivity contribution in [2.24, 2.45) is 5.92 Å². The third-order valence-corrected chi connectivity index (χ3v) is 1.66. The molecule has 0 aliphatic rings. The van der Waals surface area contributed by atoms with Gasteiger partial charge in [-0.05, 0) is 5.92 Å². The van der Waals surface area contributed by atoms with Gasteiger partial charge in [-0.3, -0.25) is 10.1 Å². The van der Waals surface area contributed by atoms with Gasteiger partial charge in [0, 0.05) is 7.05 Å². The summed E-state index contributed by atoms with van der Waals surface area (Å²) in [5.41, 5.74) is 0. The zero-order valence-electron chi connectivity index (χ0n) is 6.29. The average molecular weight is 143 g/mol. The van der Waals surface area contributed by atoms with Crippen molar-refractivity contribution in [3.63, 3.8) is 0 Å². The van der Waals surface area contributed by atoms with Gasteiger partial charge in [-0.1, -0.05) is 20.3 Å². The Bertz CT molecular complexity index is 114. The Morgan fingerprint density at radius 3 is 2.40 bits per heavy atom. The lowest BCUT2D eigenvalue weighted by molar-refractivity contribution is -0.140. The number of aliphatic carboxylic acids is 1. The van der Waals surface area contributed by atoms with Gasteiger partial charge in [0.2, 0.25) is 0 Å². The maximum atomic E-state index is 10.4. The summed E-state index contributed by atoms with van der Waals surface area (Å²) in [5.74, 6) is -0.820. The molecule has 58 valence electrons. The number of hydrogen-bond acceptors (Lipinski definition) is 2. The summed E-state index contributed by atoms with van der Waals surface area (Å²) >= 11 is 0. The first kappa shape index (κ1) is 9.43. The normalized spacial score (nSPS) is 16.3. The Kier molecular flexibility index (Phi) is 4.03. The Balaban J connectivity index is 3.92. The first-order valence-corrected chi connectivity index (χ1v) is 3.32. The van der Waals surface area contributed by atoms with Crippen molar-refractivity contribution in [2.45, 2.75) is 26.3 Å². The average Bonchev–Trinajstić information content (AvgIpc) is 1.88. The zero-order chi connectivity index (χ0) is 8.15. The van der Waals surface area contributed by atoms with E-state index >= 15 is 0 Å². The number of rotatable bonds is 4. The molecule has 0 aliphatic heterocycles. The smallest absolute Gasteiger partial charge is 0.320 e. The predicted octanol–water partition coefficient (Wildman–Crippen LogP) is 0.744. The van der Waals surface area contributed by atoms with Crippen molar-refractivity contribution in [2.75, 3.05) is 0 Å². The van der Waals surface area contributed by atoms with Gasteiger partial charge in [0.1, 0.15) is 6.04 Å². The van der Waals surface area contributed by atoms with E-state index in [4.69, 9.17) is 12.2 Å². The van der Waals surface area contributed by atoms with Crippen LogP contribution in [0.3, 0.4) is 0 Å². The number of carboxylic acids is 1. The second kappa shape index (κ2) is 4.28. The summed E-state index contributed by atoms with van der Waals surface area (Å²) in [6.07, 6.45) is 0.807. The monoisotopic (exact) mass is 143 g/mol. The van der Waals surface area contributed by atoms with E-state index in [9.17, 15) is 4.79 Å². The summed E-state index contributed by atoms with van der Waals surface area (Å²) in [6.45, 7) is 3.77. The van der Waals surface area contributed by atoms with Gasteiger partial charge in [-0.2, -0.15) is 0 Å². The van der Waals surface area contributed by atoms with Crippen LogP contribution in [-0.4, -0.2) is 17.1 Å². The quantitative estimate of drug-likeness (QED) is 0.571. The molecule has 0 saturated heterocycles. The molecule has 2 atom stereocenters. The molecule has 0 aromatic heterocycles. The topological polar surface area (TPSA) is 49.3 Å². The first-order valence-electron chi connectivity index (χ1n) is 3.32. The highest BCUT2D eigenvalue weighted by Gasteiger charge is 2.20. The maximum absolute atomic E-state index is 10.4. The van der Waals surface area contributed by atoms with Crippen molar-refractivity contribution in [1.82, 2.24) is 5.32 Å². The molecule has 0 aromatic rings. The molecule has 1 unspecified atom stereocenters. The van der Waals surface area contributed by atoms with E-state index in [1.807, 2.05) is 13.8 Å². The van der Waals surface area contributed by atoms with Crippen LogP contribution >= 0.6 is 0 Å². The van der Waals surface area contributed by atoms with Crippen LogP contribution in [0.15, 0.2) is 0 Å². The van der Waals surface area contributed by atoms with Crippen LogP contribution in [0.1, 0.15) is 20.3 Å². The molecule has 3 heteroatoms. The SMILES string of the molecule is [CH]N[C@H](C(=O)O)C(C)CC. The molecule has 0 saturated carbocycles. The molecule has 0 heterocycles. The standard InChI is InChI=1S/C7H13NO2/c1-4-5(2)6(8-3)7(9)10/h3,5-6,8H,4H2,1-2H3,(H,9,10)/t5?,6-/m0/s1. The van der Waals surface area contributed by atoms with Gasteiger partial charge in [-0.25, -0.2) is 0 Å². The fourth-order valence-corrected chi connectivity index (χ4v) is 0.715. The van der Waals surface area contributed by atoms with Crippen molar-refractivity contribution >= 4 is 5.97 Å². The lowest BCUT2D eigenvalue weighted by Gasteiger charge is -2.16. The van der Waals surface area contributed by atoms with Gasteiger partial charge in [0.05, 0.1) is 0 Å². The molecule has 3 nitrogen and oxygen atoms in total. The molecule has 0 spiro atoms. The molecule has 2 radical (unpaired) electrons. The van der Waals surface area contributed by atoms with Crippen LogP contribution in [-0.2, 0) is 4.79 Å². The second-order valence-electron chi connectivity index (χ2n) is 2.37. The summed E-state index contributed by atoms with van der Waals surface area (Å²) in [7, 11) is 5.02. The van der Waals surface area contributed by atoms with Crippen LogP contribution in [0.2, 0.25) is 0 Å². The number of carboxylic acid groups (broad SMARTS) is 1. The van der Waals surface area contributed by atoms with Gasteiger partial charge >= 0.3 is 5.97 Å². The fraction of sp³-hybridized carbons (Fsp3) is 0.714. The summed E-state index contributed by atoms with van der Waals surface area (Å²) < 4.78 is 0. The summed E-state index contributed by atoms with van der Waals surface area (Å²) in [4.78, 5) is 10.4. The molecule has 0 aliphatic carbocycles. The lowest BCUT2D eigenvalue weighted by atomic mass is 10.00. The summed E-state index contributed by atoms with van der Waals surface area (Å²) in [6, 6.07) is -0.620. The van der Waals surface area contributed by atoms with E-state index in [1.165, 1.54) is 0 Å². The molecule has 0 aromatic carbocycles. The maximum Gasteiger partial charge on any atom is 0.320 e. The highest BCUT2D eigenvalue weighted by molar-refractivity contribution is 5.73. The molecule has 0 bridgehead atoms. The lowest BCUT2D eigenvalue weighted by Crippen LogP contribution is -2.38. The third-order valence-electron chi connectivity index (χ3n) is 1.66. The van der Waals surface area contributed by atoms with Crippen molar-refractivity contribution in [3.05, 3.63) is 7.05 Å². The Morgan fingerprint density at radius 1 is 1.80 bits per heavy atom. The van der Waals surface area contributed by atoms with E-state index in [0.717, 1.165) is 6.42 Å². The van der Waals surface area contributed by atoms with Gasteiger partial charge in [-0.15, -0.1) is 0 Å². The van der Waals surface area contributed by atoms with Crippen LogP contribution in [0, 0.1) is 13.0 Å². The summed E-state index contributed by atoms with van der Waals surface area (Å²) in [5, 5.41) is 10.8. The predicted molar refractivity (Wildman–Crippen MR) is 38.3 cm³/mol. The van der Waals surface area contributed by atoms with Crippen LogP contribution in [0.4, 0.5) is 0 Å². The number of nitrogens with one attached hydrogen (secondary N) is 1. The van der Waals surface area contributed by atoms with Gasteiger partial charge in [0.15, 0.2) is 0 Å². The van der Waals surface area contributed by atoms with Crippen LogP contribution < -0.4 is 5.32 Å². The minimum absolute atomic E-state index is 0.0718. The minimum atomic E-state index is -0.892. The minimum Gasteiger partial charge on any atom is -0.480 e. The fourth-order valence-electron chi connectivity index (χ4n) is 0.715. The van der Waals surface area contributed by atoms with Crippen LogP contribution in [0.5, 0.6) is 0 Å². The van der Waals surface area contributed by atoms with Crippen molar-refractivity contribution < 1.29 is 9.90 Å². The van der Waals surface area contributed by atoms with E-state index in [1.54, 1.807) is 0 Å². The van der Waals surface area contributed by atoms with Crippen molar-refractivity contribution in [3.8, 4) is 0 Å². The van der Waals surface area contributed by atoms with E-state index < -0.39 is 12.0 Å². The zero-order valence-corrected chi connectivity index (χ0v) is 6.29. The molecular formula is C7H13NO2. The van der Waals surface area contributed by atoms with E-state index in [2.05, 4.69) is 5.32 Å². The van der Waals surface area contributed by atoms with E-state index in [0.29, 0.717) is 0 Å². The highest BCUT2D eigenvalue weighted by atomic mass is 16.4. The van der Waals surface area contributed by atoms with Gasteiger partial charge < -0.3 is 5.11 Å². The molecule has 2 N–H and O–H groups in total. The largest absolute Gasteiger partial charge is 0.480 e. The Hall–Kier alpha value is -0.570.